The molecule has 23 heavy (non-hydrogen) atoms. The van der Waals surface area contributed by atoms with Crippen LogP contribution in [0.25, 0.3) is 0 Å². The number of anilines is 2. The van der Waals surface area contributed by atoms with Gasteiger partial charge in [0.1, 0.15) is 10.8 Å². The molecule has 1 fully saturated rings. The van der Waals surface area contributed by atoms with Crippen LogP contribution >= 0.6 is 23.5 Å². The zero-order valence-electron chi connectivity index (χ0n) is 13.2. The molecular weight excluding hydrogens is 334 g/mol. The van der Waals surface area contributed by atoms with Crippen LogP contribution in [-0.2, 0) is 9.53 Å². The maximum absolute atomic E-state index is 12.1. The highest BCUT2D eigenvalue weighted by molar-refractivity contribution is 8.17. The highest BCUT2D eigenvalue weighted by Crippen LogP contribution is 2.47. The Hall–Kier alpha value is -1.54. The van der Waals surface area contributed by atoms with Crippen molar-refractivity contribution in [3.05, 3.63) is 18.2 Å². The third-order valence-corrected chi connectivity index (χ3v) is 6.52. The molecule has 2 heterocycles. The van der Waals surface area contributed by atoms with Crippen LogP contribution in [0.3, 0.4) is 0 Å². The lowest BCUT2D eigenvalue weighted by Gasteiger charge is -2.19. The summed E-state index contributed by atoms with van der Waals surface area (Å²) in [5.41, 5.74) is 2.02. The van der Waals surface area contributed by atoms with E-state index in [1.807, 2.05) is 18.2 Å². The molecule has 2 aliphatic rings. The molecular formula is C15H19N3O3S2. The molecule has 0 aromatic heterocycles. The fraction of sp³-hybridized carbons (Fsp3) is 0.467. The monoisotopic (exact) mass is 353 g/mol. The van der Waals surface area contributed by atoms with Crippen LogP contribution in [-0.4, -0.2) is 49.2 Å². The molecule has 0 bridgehead atoms. The third-order valence-electron chi connectivity index (χ3n) is 3.83. The van der Waals surface area contributed by atoms with Crippen LogP contribution in [0.1, 0.15) is 6.92 Å². The lowest BCUT2D eigenvalue weighted by Crippen LogP contribution is -2.33. The van der Waals surface area contributed by atoms with Gasteiger partial charge >= 0.3 is 6.09 Å². The zero-order valence-corrected chi connectivity index (χ0v) is 14.9. The van der Waals surface area contributed by atoms with Gasteiger partial charge in [-0.15, -0.1) is 11.8 Å². The van der Waals surface area contributed by atoms with Gasteiger partial charge in [-0.3, -0.25) is 9.69 Å². The van der Waals surface area contributed by atoms with Crippen molar-refractivity contribution < 1.29 is 14.3 Å². The van der Waals surface area contributed by atoms with Crippen LogP contribution in [0.4, 0.5) is 16.2 Å². The van der Waals surface area contributed by atoms with Crippen LogP contribution in [0.2, 0.25) is 0 Å². The molecule has 6 nitrogen and oxygen atoms in total. The van der Waals surface area contributed by atoms with Crippen molar-refractivity contribution in [1.82, 2.24) is 5.32 Å². The van der Waals surface area contributed by atoms with E-state index >= 15 is 0 Å². The van der Waals surface area contributed by atoms with E-state index in [9.17, 15) is 9.59 Å². The summed E-state index contributed by atoms with van der Waals surface area (Å²) in [6.45, 7) is 2.24. The molecule has 1 N–H and O–H groups in total. The molecule has 2 amide bonds. The molecule has 1 aromatic rings. The average molecular weight is 353 g/mol. The molecule has 8 heteroatoms. The molecule has 3 rings (SSSR count). The van der Waals surface area contributed by atoms with Gasteiger partial charge in [-0.2, -0.15) is 0 Å². The predicted molar refractivity (Wildman–Crippen MR) is 94.3 cm³/mol. The summed E-state index contributed by atoms with van der Waals surface area (Å²) < 4.78 is 5.67. The van der Waals surface area contributed by atoms with Crippen molar-refractivity contribution in [3.63, 3.8) is 0 Å². The van der Waals surface area contributed by atoms with Gasteiger partial charge in [0.2, 0.25) is 5.91 Å². The van der Waals surface area contributed by atoms with E-state index in [1.165, 1.54) is 17.5 Å². The number of amides is 2. The van der Waals surface area contributed by atoms with E-state index in [-0.39, 0.29) is 18.1 Å². The van der Waals surface area contributed by atoms with Crippen LogP contribution in [0.15, 0.2) is 23.1 Å². The quantitative estimate of drug-likeness (QED) is 0.896. The number of ether oxygens (including phenoxy) is 1. The second-order valence-corrected chi connectivity index (χ2v) is 7.82. The number of hydrogen-bond acceptors (Lipinski definition) is 6. The highest BCUT2D eigenvalue weighted by Gasteiger charge is 2.34. The van der Waals surface area contributed by atoms with Gasteiger partial charge in [0, 0.05) is 24.6 Å². The van der Waals surface area contributed by atoms with Crippen LogP contribution < -0.4 is 15.1 Å². The Bertz CT molecular complexity index is 640. The Morgan fingerprint density at radius 3 is 3.00 bits per heavy atom. The molecule has 0 saturated carbocycles. The Labute approximate surface area is 143 Å². The van der Waals surface area contributed by atoms with Gasteiger partial charge in [0.15, 0.2) is 0 Å². The predicted octanol–water partition coefficient (Wildman–Crippen LogP) is 2.34. The van der Waals surface area contributed by atoms with E-state index < -0.39 is 0 Å². The number of rotatable bonds is 4. The van der Waals surface area contributed by atoms with E-state index in [2.05, 4.69) is 23.5 Å². The van der Waals surface area contributed by atoms with Crippen molar-refractivity contribution in [2.45, 2.75) is 22.6 Å². The van der Waals surface area contributed by atoms with Gasteiger partial charge in [-0.1, -0.05) is 11.8 Å². The number of benzene rings is 1. The highest BCUT2D eigenvalue weighted by atomic mass is 32.2. The number of hydrogen-bond donors (Lipinski definition) is 1. The van der Waals surface area contributed by atoms with Gasteiger partial charge in [0.05, 0.1) is 18.8 Å². The molecule has 0 radical (unpaired) electrons. The van der Waals surface area contributed by atoms with Crippen molar-refractivity contribution in [2.24, 2.45) is 0 Å². The summed E-state index contributed by atoms with van der Waals surface area (Å²) in [6, 6.07) is 6.03. The zero-order chi connectivity index (χ0) is 16.6. The Kier molecular flexibility index (Phi) is 4.63. The van der Waals surface area contributed by atoms with Crippen LogP contribution in [0.5, 0.6) is 0 Å². The molecule has 124 valence electrons. The maximum atomic E-state index is 12.1. The number of nitrogens with one attached hydrogen (secondary N) is 1. The lowest BCUT2D eigenvalue weighted by atomic mass is 10.2. The smallest absolute Gasteiger partial charge is 0.414 e. The number of carbonyl (C=O) groups excluding carboxylic acids is 2. The lowest BCUT2D eigenvalue weighted by molar-refractivity contribution is -0.119. The first-order chi connectivity index (χ1) is 11.0. The molecule has 1 unspecified atom stereocenters. The SMILES string of the molecule is CSC1Sc2cc(N3C[C@H](CNC(C)=O)OC3=O)ccc2N1C. The second-order valence-electron chi connectivity index (χ2n) is 5.48. The molecule has 2 atom stereocenters. The Morgan fingerprint density at radius 2 is 2.30 bits per heavy atom. The first-order valence-electron chi connectivity index (χ1n) is 7.28. The summed E-state index contributed by atoms with van der Waals surface area (Å²) in [7, 11) is 2.08. The van der Waals surface area contributed by atoms with Crippen molar-refractivity contribution in [3.8, 4) is 0 Å². The van der Waals surface area contributed by atoms with Gasteiger partial charge in [0.25, 0.3) is 0 Å². The van der Waals surface area contributed by atoms with Crippen LogP contribution in [0, 0.1) is 0 Å². The summed E-state index contributed by atoms with van der Waals surface area (Å²) in [6.07, 6.45) is 1.41. The maximum Gasteiger partial charge on any atom is 0.414 e. The number of fused-ring (bicyclic) bond motifs is 1. The molecule has 0 spiro atoms. The molecule has 1 saturated heterocycles. The average Bonchev–Trinajstić information content (AvgIpc) is 3.05. The third kappa shape index (κ3) is 3.23. The second kappa shape index (κ2) is 6.52. The summed E-state index contributed by atoms with van der Waals surface area (Å²) >= 11 is 3.58. The minimum atomic E-state index is -0.363. The van der Waals surface area contributed by atoms with Gasteiger partial charge in [-0.25, -0.2) is 4.79 Å². The minimum absolute atomic E-state index is 0.125. The first kappa shape index (κ1) is 16.3. The molecule has 0 aliphatic carbocycles. The van der Waals surface area contributed by atoms with Gasteiger partial charge < -0.3 is 15.0 Å². The first-order valence-corrected chi connectivity index (χ1v) is 9.45. The van der Waals surface area contributed by atoms with E-state index in [0.717, 1.165) is 5.69 Å². The van der Waals surface area contributed by atoms with E-state index in [0.29, 0.717) is 17.8 Å². The summed E-state index contributed by atoms with van der Waals surface area (Å²) in [4.78, 5) is 28.1. The van der Waals surface area contributed by atoms with Crippen molar-refractivity contribution >= 4 is 46.9 Å². The number of carbonyl (C=O) groups is 2. The van der Waals surface area contributed by atoms with E-state index in [4.69, 9.17) is 4.74 Å². The number of thioether (sulfide) groups is 2. The standard InChI is InChI=1S/C15H19N3O3S2/c1-9(19)16-7-11-8-18(14(20)21-11)10-4-5-12-13(6-10)23-15(22-3)17(12)2/h4-6,11,15H,7-8H2,1-3H3,(H,16,19)/t11-,15?/m0/s1. The Balaban J connectivity index is 1.73. The van der Waals surface area contributed by atoms with Crippen molar-refractivity contribution in [2.75, 3.05) is 36.2 Å². The largest absolute Gasteiger partial charge is 0.442 e. The fourth-order valence-electron chi connectivity index (χ4n) is 2.66. The molecule has 2 aliphatic heterocycles. The minimum Gasteiger partial charge on any atom is -0.442 e. The fourth-order valence-corrected chi connectivity index (χ4v) is 4.80. The van der Waals surface area contributed by atoms with E-state index in [1.54, 1.807) is 28.4 Å². The summed E-state index contributed by atoms with van der Waals surface area (Å²) in [5, 5.41) is 2.68. The number of cyclic esters (lactones) is 1. The number of nitrogens with zero attached hydrogens (tertiary/aromatic N) is 2. The van der Waals surface area contributed by atoms with Crippen molar-refractivity contribution in [1.29, 1.82) is 0 Å². The topological polar surface area (TPSA) is 61.9 Å². The summed E-state index contributed by atoms with van der Waals surface area (Å²) in [5.74, 6) is -0.125. The molecule has 1 aromatic carbocycles. The normalized spacial score (nSPS) is 23.0. The Morgan fingerprint density at radius 1 is 1.52 bits per heavy atom. The van der Waals surface area contributed by atoms with Gasteiger partial charge in [-0.05, 0) is 24.5 Å².